The SMILES string of the molecule is O=C(CSc1nnc(C2CC2)n1Cc1ccccc1)N1CCN(c2ccccc2O)CC1. The second-order valence-electron chi connectivity index (χ2n) is 8.33. The van der Waals surface area contributed by atoms with E-state index >= 15 is 0 Å². The molecular weight excluding hydrogens is 422 g/mol. The summed E-state index contributed by atoms with van der Waals surface area (Å²) < 4.78 is 2.18. The van der Waals surface area contributed by atoms with Gasteiger partial charge in [0.2, 0.25) is 5.91 Å². The highest BCUT2D eigenvalue weighted by Crippen LogP contribution is 2.40. The molecule has 0 unspecified atom stereocenters. The van der Waals surface area contributed by atoms with Gasteiger partial charge in [-0.2, -0.15) is 0 Å². The number of rotatable bonds is 7. The van der Waals surface area contributed by atoms with Crippen molar-refractivity contribution in [3.63, 3.8) is 0 Å². The summed E-state index contributed by atoms with van der Waals surface area (Å²) >= 11 is 1.48. The van der Waals surface area contributed by atoms with Crippen molar-refractivity contribution in [2.75, 3.05) is 36.8 Å². The first kappa shape index (κ1) is 20.9. The van der Waals surface area contributed by atoms with Crippen LogP contribution < -0.4 is 4.90 Å². The van der Waals surface area contributed by atoms with Crippen LogP contribution in [0.1, 0.15) is 30.1 Å². The summed E-state index contributed by atoms with van der Waals surface area (Å²) in [6.45, 7) is 3.46. The minimum atomic E-state index is 0.120. The Hall–Kier alpha value is -3.00. The van der Waals surface area contributed by atoms with E-state index in [1.807, 2.05) is 41.3 Å². The first-order valence-corrected chi connectivity index (χ1v) is 12.1. The fourth-order valence-corrected chi connectivity index (χ4v) is 4.96. The fraction of sp³-hybridized carbons (Fsp3) is 0.375. The van der Waals surface area contributed by atoms with Crippen LogP contribution >= 0.6 is 11.8 Å². The Morgan fingerprint density at radius 2 is 1.69 bits per heavy atom. The summed E-state index contributed by atoms with van der Waals surface area (Å²) in [4.78, 5) is 16.9. The highest BCUT2D eigenvalue weighted by molar-refractivity contribution is 7.99. The van der Waals surface area contributed by atoms with Crippen LogP contribution in [0.5, 0.6) is 5.75 Å². The third-order valence-corrected chi connectivity index (χ3v) is 7.00. The van der Waals surface area contributed by atoms with Gasteiger partial charge in [-0.05, 0) is 30.5 Å². The Balaban J connectivity index is 1.20. The standard InChI is InChI=1S/C24H27N5O2S/c30-21-9-5-4-8-20(21)27-12-14-28(15-13-27)22(31)17-32-24-26-25-23(19-10-11-19)29(24)16-18-6-2-1-3-7-18/h1-9,19,30H,10-17H2. The minimum Gasteiger partial charge on any atom is -0.506 e. The second-order valence-corrected chi connectivity index (χ2v) is 9.27. The molecule has 5 rings (SSSR count). The van der Waals surface area contributed by atoms with E-state index in [1.54, 1.807) is 6.07 Å². The number of benzene rings is 2. The van der Waals surface area contributed by atoms with Crippen molar-refractivity contribution in [1.82, 2.24) is 19.7 Å². The van der Waals surface area contributed by atoms with Crippen LogP contribution in [0, 0.1) is 0 Å². The van der Waals surface area contributed by atoms with Gasteiger partial charge in [-0.25, -0.2) is 0 Å². The molecule has 0 atom stereocenters. The molecule has 8 heteroatoms. The summed E-state index contributed by atoms with van der Waals surface area (Å²) in [7, 11) is 0. The smallest absolute Gasteiger partial charge is 0.233 e. The van der Waals surface area contributed by atoms with Gasteiger partial charge >= 0.3 is 0 Å². The third-order valence-electron chi connectivity index (χ3n) is 6.05. The number of hydrogen-bond donors (Lipinski definition) is 1. The van der Waals surface area contributed by atoms with E-state index in [-0.39, 0.29) is 11.7 Å². The zero-order valence-corrected chi connectivity index (χ0v) is 18.7. The molecule has 1 saturated carbocycles. The molecule has 1 amide bonds. The first-order chi connectivity index (χ1) is 15.7. The number of aromatic nitrogens is 3. The number of carbonyl (C=O) groups excluding carboxylic acids is 1. The number of thioether (sulfide) groups is 1. The lowest BCUT2D eigenvalue weighted by atomic mass is 10.2. The number of phenolic OH excluding ortho intramolecular Hbond substituents is 1. The zero-order valence-electron chi connectivity index (χ0n) is 17.9. The average molecular weight is 450 g/mol. The van der Waals surface area contributed by atoms with E-state index in [0.29, 0.717) is 37.8 Å². The van der Waals surface area contributed by atoms with E-state index in [4.69, 9.17) is 0 Å². The van der Waals surface area contributed by atoms with Gasteiger partial charge in [-0.1, -0.05) is 54.2 Å². The first-order valence-electron chi connectivity index (χ1n) is 11.1. The van der Waals surface area contributed by atoms with Gasteiger partial charge < -0.3 is 19.5 Å². The highest BCUT2D eigenvalue weighted by Gasteiger charge is 2.31. The Morgan fingerprint density at radius 1 is 0.969 bits per heavy atom. The number of aromatic hydroxyl groups is 1. The van der Waals surface area contributed by atoms with Crippen molar-refractivity contribution in [1.29, 1.82) is 0 Å². The van der Waals surface area contributed by atoms with Crippen molar-refractivity contribution in [2.45, 2.75) is 30.5 Å². The van der Waals surface area contributed by atoms with Gasteiger partial charge in [0, 0.05) is 32.1 Å². The largest absolute Gasteiger partial charge is 0.506 e. The molecule has 1 aliphatic heterocycles. The molecule has 0 spiro atoms. The summed E-state index contributed by atoms with van der Waals surface area (Å²) in [6.07, 6.45) is 2.33. The molecule has 2 aromatic carbocycles. The van der Waals surface area contributed by atoms with Crippen molar-refractivity contribution in [2.24, 2.45) is 0 Å². The monoisotopic (exact) mass is 449 g/mol. The number of para-hydroxylation sites is 2. The summed E-state index contributed by atoms with van der Waals surface area (Å²) in [5, 5.41) is 19.8. The molecule has 7 nitrogen and oxygen atoms in total. The molecule has 0 bridgehead atoms. The predicted molar refractivity (Wildman–Crippen MR) is 125 cm³/mol. The number of phenols is 1. The summed E-state index contributed by atoms with van der Waals surface area (Å²) in [6, 6.07) is 17.7. The molecule has 166 valence electrons. The normalized spacial score (nSPS) is 16.4. The Bertz CT molecular complexity index is 1080. The maximum absolute atomic E-state index is 12.9. The number of anilines is 1. The molecule has 1 aliphatic carbocycles. The molecule has 2 aliphatic rings. The van der Waals surface area contributed by atoms with Crippen LogP contribution in [0.25, 0.3) is 0 Å². The van der Waals surface area contributed by atoms with Gasteiger partial charge in [-0.15, -0.1) is 10.2 Å². The molecule has 1 aromatic heterocycles. The van der Waals surface area contributed by atoms with E-state index in [9.17, 15) is 9.90 Å². The van der Waals surface area contributed by atoms with Crippen LogP contribution in [0.15, 0.2) is 59.8 Å². The third kappa shape index (κ3) is 4.60. The van der Waals surface area contributed by atoms with E-state index < -0.39 is 0 Å². The number of carbonyl (C=O) groups is 1. The minimum absolute atomic E-state index is 0.120. The van der Waals surface area contributed by atoms with Crippen LogP contribution in [-0.2, 0) is 11.3 Å². The van der Waals surface area contributed by atoms with E-state index in [2.05, 4.69) is 31.8 Å². The summed E-state index contributed by atoms with van der Waals surface area (Å²) in [5.74, 6) is 2.30. The number of amides is 1. The quantitative estimate of drug-likeness (QED) is 0.558. The Morgan fingerprint density at radius 3 is 2.41 bits per heavy atom. The Labute approximate surface area is 192 Å². The van der Waals surface area contributed by atoms with E-state index in [0.717, 1.165) is 36.1 Å². The lowest BCUT2D eigenvalue weighted by molar-refractivity contribution is -0.128. The van der Waals surface area contributed by atoms with Crippen LogP contribution in [0.4, 0.5) is 5.69 Å². The van der Waals surface area contributed by atoms with Crippen LogP contribution in [0.3, 0.4) is 0 Å². The van der Waals surface area contributed by atoms with Crippen LogP contribution in [-0.4, -0.2) is 62.6 Å². The highest BCUT2D eigenvalue weighted by atomic mass is 32.2. The zero-order chi connectivity index (χ0) is 21.9. The van der Waals surface area contributed by atoms with Gasteiger partial charge in [0.15, 0.2) is 5.16 Å². The lowest BCUT2D eigenvalue weighted by Crippen LogP contribution is -2.49. The topological polar surface area (TPSA) is 74.5 Å². The van der Waals surface area contributed by atoms with Gasteiger partial charge in [0.25, 0.3) is 0 Å². The van der Waals surface area contributed by atoms with E-state index in [1.165, 1.54) is 17.3 Å². The molecule has 3 aromatic rings. The van der Waals surface area contributed by atoms with Crippen molar-refractivity contribution in [3.05, 3.63) is 66.0 Å². The average Bonchev–Trinajstić information content (AvgIpc) is 3.60. The molecule has 2 heterocycles. The van der Waals surface area contributed by atoms with Gasteiger partial charge in [0.05, 0.1) is 18.0 Å². The van der Waals surface area contributed by atoms with Crippen molar-refractivity contribution < 1.29 is 9.90 Å². The number of hydrogen-bond acceptors (Lipinski definition) is 6. The molecule has 1 N–H and O–H groups in total. The predicted octanol–water partition coefficient (Wildman–Crippen LogP) is 3.35. The molecule has 1 saturated heterocycles. The number of nitrogens with zero attached hydrogens (tertiary/aromatic N) is 5. The number of piperazine rings is 1. The van der Waals surface area contributed by atoms with Crippen molar-refractivity contribution >= 4 is 23.4 Å². The van der Waals surface area contributed by atoms with Gasteiger partial charge in [-0.3, -0.25) is 4.79 Å². The van der Waals surface area contributed by atoms with Crippen molar-refractivity contribution in [3.8, 4) is 5.75 Å². The molecule has 2 fully saturated rings. The maximum atomic E-state index is 12.9. The molecule has 32 heavy (non-hydrogen) atoms. The fourth-order valence-electron chi connectivity index (χ4n) is 4.11. The Kier molecular flexibility index (Phi) is 6.03. The van der Waals surface area contributed by atoms with Gasteiger partial charge in [0.1, 0.15) is 11.6 Å². The second kappa shape index (κ2) is 9.24. The molecule has 0 radical (unpaired) electrons. The molecular formula is C24H27N5O2S. The summed E-state index contributed by atoms with van der Waals surface area (Å²) in [5.41, 5.74) is 2.04. The lowest BCUT2D eigenvalue weighted by Gasteiger charge is -2.36. The maximum Gasteiger partial charge on any atom is 0.233 e. The van der Waals surface area contributed by atoms with Crippen LogP contribution in [0.2, 0.25) is 0 Å².